The van der Waals surface area contributed by atoms with Gasteiger partial charge in [-0.25, -0.2) is 12.7 Å². The van der Waals surface area contributed by atoms with Crippen LogP contribution in [-0.4, -0.2) is 51.4 Å². The summed E-state index contributed by atoms with van der Waals surface area (Å²) in [6, 6.07) is 3.53. The van der Waals surface area contributed by atoms with Gasteiger partial charge in [-0.2, -0.15) is 0 Å². The van der Waals surface area contributed by atoms with Crippen molar-refractivity contribution in [2.45, 2.75) is 25.2 Å². The predicted octanol–water partition coefficient (Wildman–Crippen LogP) is 1.46. The largest absolute Gasteiger partial charge is 0.398 e. The highest BCUT2D eigenvalue weighted by molar-refractivity contribution is 7.89. The van der Waals surface area contributed by atoms with Crippen molar-refractivity contribution in [1.29, 1.82) is 0 Å². The minimum atomic E-state index is -3.49. The number of sulfonamides is 1. The van der Waals surface area contributed by atoms with Crippen LogP contribution in [0.25, 0.3) is 0 Å². The summed E-state index contributed by atoms with van der Waals surface area (Å²) in [5.41, 5.74) is 7.79. The molecule has 118 valence electrons. The van der Waals surface area contributed by atoms with Crippen LogP contribution in [0.2, 0.25) is 0 Å². The molecule has 0 amide bonds. The van der Waals surface area contributed by atoms with E-state index in [0.29, 0.717) is 28.6 Å². The van der Waals surface area contributed by atoms with Crippen LogP contribution in [0.1, 0.15) is 17.5 Å². The predicted molar refractivity (Wildman–Crippen MR) is 85.7 cm³/mol. The van der Waals surface area contributed by atoms with Gasteiger partial charge in [0, 0.05) is 25.8 Å². The topological polar surface area (TPSA) is 66.6 Å². The molecule has 0 radical (unpaired) electrons. The van der Waals surface area contributed by atoms with E-state index >= 15 is 0 Å². The fraction of sp³-hybridized carbons (Fsp3) is 0.600. The maximum absolute atomic E-state index is 12.9. The molecule has 1 aliphatic heterocycles. The smallest absolute Gasteiger partial charge is 0.243 e. The van der Waals surface area contributed by atoms with Crippen molar-refractivity contribution >= 4 is 15.7 Å². The number of benzene rings is 1. The van der Waals surface area contributed by atoms with Gasteiger partial charge < -0.3 is 10.6 Å². The standard InChI is InChI=1S/C15H25N3O2S/c1-11-5-6-14(16)12(2)15(11)21(19,20)18(4)10-13-7-8-17(3)9-13/h5-6,13H,7-10,16H2,1-4H3. The SMILES string of the molecule is Cc1ccc(N)c(C)c1S(=O)(=O)N(C)CC1CCN(C)C1. The van der Waals surface area contributed by atoms with Crippen LogP contribution in [0.15, 0.2) is 17.0 Å². The molecule has 5 nitrogen and oxygen atoms in total. The van der Waals surface area contributed by atoms with Gasteiger partial charge in [0.25, 0.3) is 0 Å². The van der Waals surface area contributed by atoms with E-state index in [1.54, 1.807) is 26.1 Å². The molecule has 6 heteroatoms. The number of nitrogen functional groups attached to an aromatic ring is 1. The first-order valence-electron chi connectivity index (χ1n) is 7.24. The summed E-state index contributed by atoms with van der Waals surface area (Å²) >= 11 is 0. The molecule has 1 heterocycles. The van der Waals surface area contributed by atoms with Crippen LogP contribution >= 0.6 is 0 Å². The first-order valence-corrected chi connectivity index (χ1v) is 8.68. The summed E-state index contributed by atoms with van der Waals surface area (Å²) in [6.07, 6.45) is 1.05. The van der Waals surface area contributed by atoms with Gasteiger partial charge in [0.15, 0.2) is 0 Å². The van der Waals surface area contributed by atoms with Crippen LogP contribution in [0.5, 0.6) is 0 Å². The number of aryl methyl sites for hydroxylation is 1. The highest BCUT2D eigenvalue weighted by atomic mass is 32.2. The molecule has 1 atom stereocenters. The molecule has 1 unspecified atom stereocenters. The molecule has 0 aromatic heterocycles. The van der Waals surface area contributed by atoms with Gasteiger partial charge in [-0.05, 0) is 57.0 Å². The number of rotatable bonds is 4. The molecule has 1 aromatic rings. The Morgan fingerprint density at radius 1 is 1.38 bits per heavy atom. The molecule has 1 fully saturated rings. The second-order valence-corrected chi connectivity index (χ2v) is 8.11. The summed E-state index contributed by atoms with van der Waals surface area (Å²) in [7, 11) is 0.240. The Bertz CT molecular complexity index is 628. The van der Waals surface area contributed by atoms with Gasteiger partial charge in [0.2, 0.25) is 10.0 Å². The maximum atomic E-state index is 12.9. The van der Waals surface area contributed by atoms with Crippen molar-refractivity contribution < 1.29 is 8.42 Å². The Kier molecular flexibility index (Phi) is 4.60. The molecule has 2 N–H and O–H groups in total. The monoisotopic (exact) mass is 311 g/mol. The highest BCUT2D eigenvalue weighted by Gasteiger charge is 2.29. The molecular formula is C15H25N3O2S. The second-order valence-electron chi connectivity index (χ2n) is 6.13. The lowest BCUT2D eigenvalue weighted by molar-refractivity contribution is 0.356. The van der Waals surface area contributed by atoms with Crippen LogP contribution in [0.4, 0.5) is 5.69 Å². The van der Waals surface area contributed by atoms with Crippen LogP contribution in [0, 0.1) is 19.8 Å². The third-order valence-corrected chi connectivity index (χ3v) is 6.43. The summed E-state index contributed by atoms with van der Waals surface area (Å²) in [5.74, 6) is 0.399. The summed E-state index contributed by atoms with van der Waals surface area (Å²) in [6.45, 7) is 6.13. The fourth-order valence-corrected chi connectivity index (χ4v) is 4.73. The minimum absolute atomic E-state index is 0.358. The van der Waals surface area contributed by atoms with Crippen molar-refractivity contribution in [3.63, 3.8) is 0 Å². The van der Waals surface area contributed by atoms with Crippen LogP contribution in [-0.2, 0) is 10.0 Å². The van der Waals surface area contributed by atoms with Crippen LogP contribution < -0.4 is 5.73 Å². The third-order valence-electron chi connectivity index (χ3n) is 4.32. The molecule has 0 aliphatic carbocycles. The maximum Gasteiger partial charge on any atom is 0.243 e. The molecule has 0 bridgehead atoms. The normalized spacial score (nSPS) is 20.3. The molecule has 21 heavy (non-hydrogen) atoms. The molecule has 0 spiro atoms. The van der Waals surface area contributed by atoms with Crippen molar-refractivity contribution in [2.24, 2.45) is 5.92 Å². The van der Waals surface area contributed by atoms with E-state index in [0.717, 1.165) is 25.1 Å². The lowest BCUT2D eigenvalue weighted by Gasteiger charge is -2.23. The van der Waals surface area contributed by atoms with E-state index in [2.05, 4.69) is 11.9 Å². The van der Waals surface area contributed by atoms with Crippen molar-refractivity contribution in [3.8, 4) is 0 Å². The van der Waals surface area contributed by atoms with E-state index in [4.69, 9.17) is 5.73 Å². The van der Waals surface area contributed by atoms with E-state index in [1.807, 2.05) is 6.92 Å². The molecular weight excluding hydrogens is 286 g/mol. The quantitative estimate of drug-likeness (QED) is 0.855. The first kappa shape index (κ1) is 16.3. The Hall–Kier alpha value is -1.11. The van der Waals surface area contributed by atoms with Gasteiger partial charge in [0.05, 0.1) is 4.90 Å². The summed E-state index contributed by atoms with van der Waals surface area (Å²) in [5, 5.41) is 0. The number of nitrogens with zero attached hydrogens (tertiary/aromatic N) is 2. The van der Waals surface area contributed by atoms with Crippen molar-refractivity contribution in [3.05, 3.63) is 23.3 Å². The van der Waals surface area contributed by atoms with Crippen LogP contribution in [0.3, 0.4) is 0 Å². The van der Waals surface area contributed by atoms with E-state index in [9.17, 15) is 8.42 Å². The van der Waals surface area contributed by atoms with Gasteiger partial charge >= 0.3 is 0 Å². The molecule has 2 rings (SSSR count). The minimum Gasteiger partial charge on any atom is -0.398 e. The van der Waals surface area contributed by atoms with Crippen molar-refractivity contribution in [2.75, 3.05) is 39.5 Å². The molecule has 0 saturated carbocycles. The summed E-state index contributed by atoms with van der Waals surface area (Å²) in [4.78, 5) is 2.60. The number of nitrogens with two attached hydrogens (primary N) is 1. The zero-order chi connectivity index (χ0) is 15.8. The van der Waals surface area contributed by atoms with Gasteiger partial charge in [0.1, 0.15) is 0 Å². The average molecular weight is 311 g/mol. The average Bonchev–Trinajstić information content (AvgIpc) is 2.79. The molecule has 1 aromatic carbocycles. The van der Waals surface area contributed by atoms with E-state index in [-0.39, 0.29) is 0 Å². The number of hydrogen-bond donors (Lipinski definition) is 1. The number of likely N-dealkylation sites (tertiary alicyclic amines) is 1. The van der Waals surface area contributed by atoms with Crippen molar-refractivity contribution in [1.82, 2.24) is 9.21 Å². The summed E-state index contributed by atoms with van der Waals surface area (Å²) < 4.78 is 27.2. The Balaban J connectivity index is 2.27. The second kappa shape index (κ2) is 5.94. The van der Waals surface area contributed by atoms with Gasteiger partial charge in [-0.3, -0.25) is 0 Å². The lowest BCUT2D eigenvalue weighted by Crippen LogP contribution is -2.33. The third kappa shape index (κ3) is 3.22. The van der Waals surface area contributed by atoms with E-state index < -0.39 is 10.0 Å². The lowest BCUT2D eigenvalue weighted by atomic mass is 10.1. The first-order chi connectivity index (χ1) is 9.73. The number of hydrogen-bond acceptors (Lipinski definition) is 4. The molecule has 1 aliphatic rings. The fourth-order valence-electron chi connectivity index (χ4n) is 3.03. The molecule has 1 saturated heterocycles. The Labute approximate surface area is 127 Å². The Morgan fingerprint density at radius 2 is 2.05 bits per heavy atom. The van der Waals surface area contributed by atoms with E-state index in [1.165, 1.54) is 4.31 Å². The van der Waals surface area contributed by atoms with Gasteiger partial charge in [-0.1, -0.05) is 6.07 Å². The zero-order valence-corrected chi connectivity index (χ0v) is 14.1. The highest BCUT2D eigenvalue weighted by Crippen LogP contribution is 2.28. The number of anilines is 1. The Morgan fingerprint density at radius 3 is 2.62 bits per heavy atom. The van der Waals surface area contributed by atoms with Gasteiger partial charge in [-0.15, -0.1) is 0 Å². The zero-order valence-electron chi connectivity index (χ0n) is 13.3.